The number of ether oxygens (including phenoxy) is 1. The Hall–Kier alpha value is -1.10. The molecule has 0 atom stereocenters. The summed E-state index contributed by atoms with van der Waals surface area (Å²) in [6.07, 6.45) is 3.09. The van der Waals surface area contributed by atoms with Crippen molar-refractivity contribution in [1.29, 1.82) is 0 Å². The number of hydrogen-bond donors (Lipinski definition) is 1. The molecule has 0 saturated carbocycles. The topological polar surface area (TPSA) is 55.0 Å². The van der Waals surface area contributed by atoms with Crippen molar-refractivity contribution < 1.29 is 9.53 Å². The molecule has 1 rings (SSSR count). The number of nitrogens with zero attached hydrogens (tertiary/aromatic N) is 1. The van der Waals surface area contributed by atoms with Gasteiger partial charge < -0.3 is 4.74 Å². The average Bonchev–Trinajstić information content (AvgIpc) is 2.69. The Kier molecular flexibility index (Phi) is 5.13. The molecular formula is C13H24N2O2Si. The minimum absolute atomic E-state index is 0.302. The maximum atomic E-state index is 11.9. The molecule has 0 spiro atoms. The van der Waals surface area contributed by atoms with E-state index in [0.717, 1.165) is 24.8 Å². The first-order chi connectivity index (χ1) is 8.41. The van der Waals surface area contributed by atoms with E-state index in [1.165, 1.54) is 5.32 Å². The predicted octanol–water partition coefficient (Wildman–Crippen LogP) is 2.47. The third kappa shape index (κ3) is 3.45. The summed E-state index contributed by atoms with van der Waals surface area (Å²) in [6, 6.07) is 0. The molecule has 0 radical (unpaired) electrons. The molecule has 0 amide bonds. The maximum Gasteiger partial charge on any atom is 0.359 e. The van der Waals surface area contributed by atoms with Gasteiger partial charge in [0.15, 0.2) is 5.69 Å². The Morgan fingerprint density at radius 2 is 2.00 bits per heavy atom. The normalized spacial score (nSPS) is 11.6. The van der Waals surface area contributed by atoms with Crippen LogP contribution in [0.4, 0.5) is 0 Å². The summed E-state index contributed by atoms with van der Waals surface area (Å²) in [5.74, 6) is -0.302. The highest BCUT2D eigenvalue weighted by Gasteiger charge is 2.28. The van der Waals surface area contributed by atoms with Crippen LogP contribution in [0.2, 0.25) is 19.6 Å². The fourth-order valence-electron chi connectivity index (χ4n) is 1.95. The first-order valence-corrected chi connectivity index (χ1v) is 10.2. The van der Waals surface area contributed by atoms with E-state index < -0.39 is 8.07 Å². The molecule has 1 heterocycles. The Bertz CT molecular complexity index is 408. The summed E-state index contributed by atoms with van der Waals surface area (Å²) in [6.45, 7) is 11.1. The Morgan fingerprint density at radius 1 is 1.33 bits per heavy atom. The molecule has 0 unspecified atom stereocenters. The zero-order valence-corrected chi connectivity index (χ0v) is 13.1. The van der Waals surface area contributed by atoms with Crippen molar-refractivity contribution in [3.8, 4) is 0 Å². The Morgan fingerprint density at radius 3 is 2.50 bits per heavy atom. The number of H-pyrrole nitrogens is 1. The molecule has 5 heteroatoms. The molecule has 0 aliphatic heterocycles. The highest BCUT2D eigenvalue weighted by atomic mass is 28.3. The van der Waals surface area contributed by atoms with Gasteiger partial charge in [0.2, 0.25) is 0 Å². The van der Waals surface area contributed by atoms with Crippen molar-refractivity contribution >= 4 is 19.4 Å². The Labute approximate surface area is 110 Å². The lowest BCUT2D eigenvalue weighted by Crippen LogP contribution is -2.41. The third-order valence-corrected chi connectivity index (χ3v) is 4.78. The van der Waals surface area contributed by atoms with Crippen molar-refractivity contribution in [3.05, 3.63) is 11.3 Å². The van der Waals surface area contributed by atoms with Crippen LogP contribution < -0.4 is 5.32 Å². The van der Waals surface area contributed by atoms with Crippen molar-refractivity contribution in [2.75, 3.05) is 6.61 Å². The second-order valence-corrected chi connectivity index (χ2v) is 10.5. The maximum absolute atomic E-state index is 11.9. The second kappa shape index (κ2) is 6.18. The summed E-state index contributed by atoms with van der Waals surface area (Å²) in [5.41, 5.74) is 1.57. The molecule has 0 aromatic carbocycles. The van der Waals surface area contributed by atoms with Crippen molar-refractivity contribution in [2.24, 2.45) is 0 Å². The fraction of sp³-hybridized carbons (Fsp3) is 0.692. The van der Waals surface area contributed by atoms with Crippen LogP contribution in [-0.2, 0) is 11.2 Å². The van der Waals surface area contributed by atoms with Gasteiger partial charge in [-0.3, -0.25) is 5.10 Å². The van der Waals surface area contributed by atoms with Gasteiger partial charge in [-0.15, -0.1) is 0 Å². The van der Waals surface area contributed by atoms with Crippen LogP contribution in [0.25, 0.3) is 0 Å². The van der Waals surface area contributed by atoms with Gasteiger partial charge in [-0.05, 0) is 19.8 Å². The van der Waals surface area contributed by atoms with Crippen LogP contribution in [0.1, 0.15) is 42.7 Å². The monoisotopic (exact) mass is 268 g/mol. The van der Waals surface area contributed by atoms with Gasteiger partial charge >= 0.3 is 5.97 Å². The molecular weight excluding hydrogens is 244 g/mol. The van der Waals surface area contributed by atoms with Gasteiger partial charge in [0.05, 0.1) is 6.61 Å². The van der Waals surface area contributed by atoms with E-state index in [2.05, 4.69) is 36.8 Å². The van der Waals surface area contributed by atoms with E-state index >= 15 is 0 Å². The first-order valence-electron chi connectivity index (χ1n) is 6.66. The van der Waals surface area contributed by atoms with Crippen LogP contribution in [0, 0.1) is 0 Å². The SMILES string of the molecule is CCCCc1c(C(=O)OCC)n[nH]c1[Si](C)(C)C. The number of nitrogens with one attached hydrogen (secondary N) is 1. The van der Waals surface area contributed by atoms with Crippen molar-refractivity contribution in [1.82, 2.24) is 10.2 Å². The molecule has 1 aromatic rings. The summed E-state index contributed by atoms with van der Waals surface area (Å²) in [7, 11) is -1.50. The first kappa shape index (κ1) is 15.0. The van der Waals surface area contributed by atoms with Crippen LogP contribution in [0.5, 0.6) is 0 Å². The number of carbonyl (C=O) groups is 1. The van der Waals surface area contributed by atoms with E-state index in [1.54, 1.807) is 0 Å². The average molecular weight is 268 g/mol. The number of rotatable bonds is 6. The molecule has 0 saturated heterocycles. The second-order valence-electron chi connectivity index (χ2n) is 5.50. The molecule has 1 aromatic heterocycles. The lowest BCUT2D eigenvalue weighted by Gasteiger charge is -2.16. The Balaban J connectivity index is 3.11. The molecule has 4 nitrogen and oxygen atoms in total. The predicted molar refractivity (Wildman–Crippen MR) is 76.1 cm³/mol. The van der Waals surface area contributed by atoms with Gasteiger partial charge in [-0.2, -0.15) is 5.10 Å². The van der Waals surface area contributed by atoms with Crippen molar-refractivity contribution in [2.45, 2.75) is 52.8 Å². The van der Waals surface area contributed by atoms with Gasteiger partial charge in [0, 0.05) is 10.9 Å². The molecule has 0 fully saturated rings. The van der Waals surface area contributed by atoms with Gasteiger partial charge in [-0.1, -0.05) is 33.0 Å². The van der Waals surface area contributed by atoms with Gasteiger partial charge in [0.1, 0.15) is 8.07 Å². The quantitative estimate of drug-likeness (QED) is 0.637. The van der Waals surface area contributed by atoms with Gasteiger partial charge in [-0.25, -0.2) is 4.79 Å². The van der Waals surface area contributed by atoms with Crippen LogP contribution >= 0.6 is 0 Å². The minimum atomic E-state index is -1.50. The highest BCUT2D eigenvalue weighted by Crippen LogP contribution is 2.13. The molecule has 1 N–H and O–H groups in total. The number of aromatic nitrogens is 2. The van der Waals surface area contributed by atoms with Crippen molar-refractivity contribution in [3.63, 3.8) is 0 Å². The summed E-state index contributed by atoms with van der Waals surface area (Å²) in [5, 5.41) is 8.44. The smallest absolute Gasteiger partial charge is 0.359 e. The molecule has 0 bridgehead atoms. The summed E-state index contributed by atoms with van der Waals surface area (Å²) in [4.78, 5) is 11.9. The number of esters is 1. The molecule has 0 aliphatic carbocycles. The standard InChI is InChI=1S/C13H24N2O2Si/c1-6-8-9-10-11(13(16)17-7-2)14-15-12(10)18(3,4)5/h6-9H2,1-5H3,(H,14,15). The van der Waals surface area contributed by atoms with Crippen LogP contribution in [0.3, 0.4) is 0 Å². The third-order valence-electron chi connectivity index (χ3n) is 2.87. The van der Waals surface area contributed by atoms with E-state index in [9.17, 15) is 4.79 Å². The van der Waals surface area contributed by atoms with E-state index in [0.29, 0.717) is 12.3 Å². The molecule has 0 aliphatic rings. The molecule has 18 heavy (non-hydrogen) atoms. The fourth-order valence-corrected chi connectivity index (χ4v) is 3.49. The van der Waals surface area contributed by atoms with E-state index in [1.807, 2.05) is 6.92 Å². The minimum Gasteiger partial charge on any atom is -0.461 e. The zero-order valence-electron chi connectivity index (χ0n) is 12.1. The summed E-state index contributed by atoms with van der Waals surface area (Å²) < 4.78 is 5.07. The van der Waals surface area contributed by atoms with E-state index in [-0.39, 0.29) is 5.97 Å². The number of aromatic amines is 1. The number of hydrogen-bond acceptors (Lipinski definition) is 3. The highest BCUT2D eigenvalue weighted by molar-refractivity contribution is 6.88. The largest absolute Gasteiger partial charge is 0.461 e. The zero-order chi connectivity index (χ0) is 13.8. The van der Waals surface area contributed by atoms with Crippen LogP contribution in [-0.4, -0.2) is 30.8 Å². The van der Waals surface area contributed by atoms with Gasteiger partial charge in [0.25, 0.3) is 0 Å². The van der Waals surface area contributed by atoms with Crippen LogP contribution in [0.15, 0.2) is 0 Å². The number of carbonyl (C=O) groups excluding carboxylic acids is 1. The summed E-state index contributed by atoms with van der Waals surface area (Å²) >= 11 is 0. The van der Waals surface area contributed by atoms with E-state index in [4.69, 9.17) is 4.74 Å². The molecule has 102 valence electrons. The lowest BCUT2D eigenvalue weighted by atomic mass is 10.1. The lowest BCUT2D eigenvalue weighted by molar-refractivity contribution is 0.0518. The number of unbranched alkanes of at least 4 members (excludes halogenated alkanes) is 1.